The van der Waals surface area contributed by atoms with Crippen molar-refractivity contribution in [1.29, 1.82) is 0 Å². The number of rotatable bonds is 4. The van der Waals surface area contributed by atoms with Gasteiger partial charge in [0.05, 0.1) is 6.54 Å². The standard InChI is InChI=1S/C12H16N4OS.ClH/c1-13-10-2-4-16(6-10)7-11-14-12(15-17-11)9-3-5-18-8-9;/h3,5,8,10,13H,2,4,6-7H2,1H3;1H. The van der Waals surface area contributed by atoms with Gasteiger partial charge in [-0.2, -0.15) is 16.3 Å². The molecule has 0 bridgehead atoms. The first kappa shape index (κ1) is 14.5. The molecule has 3 heterocycles. The van der Waals surface area contributed by atoms with Gasteiger partial charge >= 0.3 is 0 Å². The summed E-state index contributed by atoms with van der Waals surface area (Å²) in [6.45, 7) is 2.88. The summed E-state index contributed by atoms with van der Waals surface area (Å²) in [5.74, 6) is 1.39. The van der Waals surface area contributed by atoms with E-state index in [2.05, 4.69) is 20.4 Å². The van der Waals surface area contributed by atoms with Crippen molar-refractivity contribution in [3.8, 4) is 11.4 Å². The number of nitrogens with one attached hydrogen (secondary N) is 1. The lowest BCUT2D eigenvalue weighted by Crippen LogP contribution is -2.29. The fourth-order valence-electron chi connectivity index (χ4n) is 2.23. The average molecular weight is 301 g/mol. The molecule has 0 aromatic carbocycles. The Morgan fingerprint density at radius 2 is 2.47 bits per heavy atom. The Labute approximate surface area is 122 Å². The molecular weight excluding hydrogens is 284 g/mol. The molecule has 0 saturated carbocycles. The van der Waals surface area contributed by atoms with E-state index in [-0.39, 0.29) is 12.4 Å². The van der Waals surface area contributed by atoms with Crippen molar-refractivity contribution in [2.24, 2.45) is 0 Å². The topological polar surface area (TPSA) is 54.2 Å². The lowest BCUT2D eigenvalue weighted by molar-refractivity contribution is 0.263. The molecule has 1 N–H and O–H groups in total. The van der Waals surface area contributed by atoms with Gasteiger partial charge in [0.2, 0.25) is 11.7 Å². The third-order valence-corrected chi connectivity index (χ3v) is 3.97. The number of hydrogen-bond donors (Lipinski definition) is 1. The fraction of sp³-hybridized carbons (Fsp3) is 0.500. The number of aromatic nitrogens is 2. The van der Waals surface area contributed by atoms with Crippen molar-refractivity contribution in [3.05, 3.63) is 22.7 Å². The van der Waals surface area contributed by atoms with Crippen LogP contribution in [0, 0.1) is 0 Å². The van der Waals surface area contributed by atoms with Gasteiger partial charge in [-0.3, -0.25) is 4.90 Å². The first-order valence-corrected chi connectivity index (χ1v) is 7.04. The van der Waals surface area contributed by atoms with Gasteiger partial charge in [0.15, 0.2) is 0 Å². The predicted octanol–water partition coefficient (Wildman–Crippen LogP) is 2.01. The Bertz CT molecular complexity index is 502. The Morgan fingerprint density at radius 3 is 3.16 bits per heavy atom. The number of thiophene rings is 1. The average Bonchev–Trinajstić information content (AvgIpc) is 3.10. The molecule has 7 heteroatoms. The first-order valence-electron chi connectivity index (χ1n) is 6.10. The summed E-state index contributed by atoms with van der Waals surface area (Å²) >= 11 is 1.64. The van der Waals surface area contributed by atoms with E-state index in [1.807, 2.05) is 23.9 Å². The molecule has 1 saturated heterocycles. The second-order valence-corrected chi connectivity index (χ2v) is 5.31. The van der Waals surface area contributed by atoms with Gasteiger partial charge in [-0.15, -0.1) is 12.4 Å². The molecule has 3 rings (SSSR count). The molecule has 0 amide bonds. The highest BCUT2D eigenvalue weighted by molar-refractivity contribution is 7.08. The summed E-state index contributed by atoms with van der Waals surface area (Å²) in [6.07, 6.45) is 1.18. The van der Waals surface area contributed by atoms with Gasteiger partial charge in [0.1, 0.15) is 0 Å². The van der Waals surface area contributed by atoms with Crippen LogP contribution in [0.2, 0.25) is 0 Å². The maximum absolute atomic E-state index is 5.30. The third kappa shape index (κ3) is 3.33. The molecule has 0 spiro atoms. The minimum atomic E-state index is 0. The number of nitrogens with zero attached hydrogens (tertiary/aromatic N) is 3. The van der Waals surface area contributed by atoms with Crippen LogP contribution in [0.5, 0.6) is 0 Å². The predicted molar refractivity (Wildman–Crippen MR) is 77.6 cm³/mol. The summed E-state index contributed by atoms with van der Waals surface area (Å²) in [5, 5.41) is 11.4. The van der Waals surface area contributed by atoms with Crippen molar-refractivity contribution in [2.75, 3.05) is 20.1 Å². The third-order valence-electron chi connectivity index (χ3n) is 3.29. The second kappa shape index (κ2) is 6.47. The van der Waals surface area contributed by atoms with Gasteiger partial charge < -0.3 is 9.84 Å². The summed E-state index contributed by atoms with van der Waals surface area (Å²) in [4.78, 5) is 6.77. The lowest BCUT2D eigenvalue weighted by atomic mass is 10.3. The van der Waals surface area contributed by atoms with Crippen LogP contribution < -0.4 is 5.32 Å². The van der Waals surface area contributed by atoms with Crippen LogP contribution in [0.15, 0.2) is 21.3 Å². The maximum Gasteiger partial charge on any atom is 0.241 e. The van der Waals surface area contributed by atoms with E-state index < -0.39 is 0 Å². The highest BCUT2D eigenvalue weighted by Gasteiger charge is 2.22. The molecule has 0 radical (unpaired) electrons. The van der Waals surface area contributed by atoms with Gasteiger partial charge in [0, 0.05) is 30.1 Å². The van der Waals surface area contributed by atoms with Crippen molar-refractivity contribution >= 4 is 23.7 Å². The Balaban J connectivity index is 0.00000133. The zero-order chi connectivity index (χ0) is 12.4. The minimum Gasteiger partial charge on any atom is -0.338 e. The van der Waals surface area contributed by atoms with Crippen LogP contribution in [0.25, 0.3) is 11.4 Å². The van der Waals surface area contributed by atoms with E-state index in [0.717, 1.165) is 25.2 Å². The van der Waals surface area contributed by atoms with Crippen LogP contribution in [-0.2, 0) is 6.54 Å². The molecule has 1 fully saturated rings. The molecule has 1 atom stereocenters. The lowest BCUT2D eigenvalue weighted by Gasteiger charge is -2.12. The molecule has 1 unspecified atom stereocenters. The van der Waals surface area contributed by atoms with Crippen LogP contribution in [-0.4, -0.2) is 41.2 Å². The SMILES string of the molecule is CNC1CCN(Cc2nc(-c3ccsc3)no2)C1.Cl. The molecule has 5 nitrogen and oxygen atoms in total. The number of likely N-dealkylation sites (N-methyl/N-ethyl adjacent to an activating group) is 1. The van der Waals surface area contributed by atoms with E-state index in [9.17, 15) is 0 Å². The molecule has 19 heavy (non-hydrogen) atoms. The minimum absolute atomic E-state index is 0. The number of hydrogen-bond acceptors (Lipinski definition) is 6. The van der Waals surface area contributed by atoms with Crippen LogP contribution in [0.1, 0.15) is 12.3 Å². The van der Waals surface area contributed by atoms with E-state index in [0.29, 0.717) is 17.8 Å². The number of halogens is 1. The first-order chi connectivity index (χ1) is 8.85. The molecule has 0 aliphatic carbocycles. The normalized spacial score (nSPS) is 19.5. The van der Waals surface area contributed by atoms with Gasteiger partial charge in [-0.25, -0.2) is 0 Å². The quantitative estimate of drug-likeness (QED) is 0.936. The second-order valence-electron chi connectivity index (χ2n) is 4.53. The largest absolute Gasteiger partial charge is 0.338 e. The van der Waals surface area contributed by atoms with Crippen LogP contribution in [0.4, 0.5) is 0 Å². The zero-order valence-corrected chi connectivity index (χ0v) is 12.3. The maximum atomic E-state index is 5.30. The van der Waals surface area contributed by atoms with E-state index >= 15 is 0 Å². The molecule has 2 aromatic heterocycles. The Morgan fingerprint density at radius 1 is 1.58 bits per heavy atom. The van der Waals surface area contributed by atoms with E-state index in [4.69, 9.17) is 4.52 Å². The highest BCUT2D eigenvalue weighted by Crippen LogP contribution is 2.19. The Kier molecular flexibility index (Phi) is 4.93. The highest BCUT2D eigenvalue weighted by atomic mass is 35.5. The molecule has 1 aliphatic heterocycles. The molecule has 2 aromatic rings. The summed E-state index contributed by atoms with van der Waals surface area (Å²) < 4.78 is 5.30. The van der Waals surface area contributed by atoms with Gasteiger partial charge in [-0.05, 0) is 24.9 Å². The Hall–Kier alpha value is -0.950. The van der Waals surface area contributed by atoms with Crippen molar-refractivity contribution in [2.45, 2.75) is 19.0 Å². The van der Waals surface area contributed by atoms with E-state index in [1.165, 1.54) is 6.42 Å². The van der Waals surface area contributed by atoms with Crippen molar-refractivity contribution in [1.82, 2.24) is 20.4 Å². The van der Waals surface area contributed by atoms with Gasteiger partial charge in [0.25, 0.3) is 0 Å². The molecule has 1 aliphatic rings. The van der Waals surface area contributed by atoms with E-state index in [1.54, 1.807) is 11.3 Å². The smallest absolute Gasteiger partial charge is 0.241 e. The fourth-order valence-corrected chi connectivity index (χ4v) is 2.87. The van der Waals surface area contributed by atoms with Crippen molar-refractivity contribution < 1.29 is 4.52 Å². The summed E-state index contributed by atoms with van der Waals surface area (Å²) in [6, 6.07) is 2.59. The zero-order valence-electron chi connectivity index (χ0n) is 10.7. The van der Waals surface area contributed by atoms with Crippen molar-refractivity contribution in [3.63, 3.8) is 0 Å². The van der Waals surface area contributed by atoms with Crippen LogP contribution >= 0.6 is 23.7 Å². The summed E-state index contributed by atoms with van der Waals surface area (Å²) in [5.41, 5.74) is 1.03. The van der Waals surface area contributed by atoms with Crippen LogP contribution in [0.3, 0.4) is 0 Å². The molecular formula is C12H17ClN4OS. The number of likely N-dealkylation sites (tertiary alicyclic amines) is 1. The molecule has 104 valence electrons. The van der Waals surface area contributed by atoms with Gasteiger partial charge in [-0.1, -0.05) is 5.16 Å². The monoisotopic (exact) mass is 300 g/mol. The summed E-state index contributed by atoms with van der Waals surface area (Å²) in [7, 11) is 2.01.